The van der Waals surface area contributed by atoms with E-state index in [4.69, 9.17) is 0 Å². The number of Topliss-reactive ketones (excluding diaryl/α,β-unsaturated/α-hetero) is 2. The fourth-order valence-corrected chi connectivity index (χ4v) is 7.02. The summed E-state index contributed by atoms with van der Waals surface area (Å²) < 4.78 is 0. The van der Waals surface area contributed by atoms with Crippen LogP contribution in [0, 0.1) is 34.5 Å². The lowest BCUT2D eigenvalue weighted by atomic mass is 9.46. The molecule has 0 bridgehead atoms. The van der Waals surface area contributed by atoms with Gasteiger partial charge in [0.05, 0.1) is 0 Å². The summed E-state index contributed by atoms with van der Waals surface area (Å²) in [4.78, 5) is 37.4. The minimum Gasteiger partial charge on any atom is -0.389 e. The molecule has 0 unspecified atom stereocenters. The molecular weight excluding hydrogens is 328 g/mol. The number of carbonyl (C=O) groups excluding carboxylic acids is 3. The van der Waals surface area contributed by atoms with E-state index in [-0.39, 0.29) is 47.4 Å². The first-order valence-corrected chi connectivity index (χ1v) is 9.71. The smallest absolute Gasteiger partial charge is 0.161 e. The van der Waals surface area contributed by atoms with Gasteiger partial charge in [-0.05, 0) is 60.8 Å². The van der Waals surface area contributed by atoms with E-state index in [9.17, 15) is 19.5 Å². The Labute approximate surface area is 156 Å². The lowest BCUT2D eigenvalue weighted by molar-refractivity contribution is -0.149. The Bertz CT molecular complexity index is 678. The van der Waals surface area contributed by atoms with Crippen molar-refractivity contribution >= 4 is 17.3 Å². The van der Waals surface area contributed by atoms with Crippen LogP contribution in [0.2, 0.25) is 0 Å². The summed E-state index contributed by atoms with van der Waals surface area (Å²) in [6.07, 6.45) is 7.23. The van der Waals surface area contributed by atoms with Gasteiger partial charge in [0.25, 0.3) is 0 Å². The highest BCUT2D eigenvalue weighted by Gasteiger charge is 2.62. The van der Waals surface area contributed by atoms with Crippen molar-refractivity contribution in [1.29, 1.82) is 0 Å². The van der Waals surface area contributed by atoms with Crippen molar-refractivity contribution in [2.24, 2.45) is 34.5 Å². The molecule has 4 nitrogen and oxygen atoms in total. The van der Waals surface area contributed by atoms with Gasteiger partial charge in [-0.15, -0.1) is 0 Å². The van der Waals surface area contributed by atoms with Crippen molar-refractivity contribution < 1.29 is 19.5 Å². The third-order valence-corrected chi connectivity index (χ3v) is 8.19. The summed E-state index contributed by atoms with van der Waals surface area (Å²) in [7, 11) is 0. The number of allylic oxidation sites excluding steroid dienone is 1. The van der Waals surface area contributed by atoms with Gasteiger partial charge in [-0.25, -0.2) is 0 Å². The van der Waals surface area contributed by atoms with E-state index >= 15 is 0 Å². The molecule has 4 aliphatic carbocycles. The van der Waals surface area contributed by atoms with Crippen LogP contribution in [0.5, 0.6) is 0 Å². The Kier molecular flexibility index (Phi) is 4.79. The lowest BCUT2D eigenvalue weighted by Crippen LogP contribution is -2.55. The minimum atomic E-state index is -0.415. The van der Waals surface area contributed by atoms with Crippen LogP contribution in [0.4, 0.5) is 0 Å². The largest absolute Gasteiger partial charge is 0.389 e. The number of ketones is 3. The number of aliphatic hydroxyl groups excluding tert-OH is 1. The Morgan fingerprint density at radius 2 is 1.92 bits per heavy atom. The van der Waals surface area contributed by atoms with Gasteiger partial charge in [0.2, 0.25) is 0 Å². The first-order valence-electron chi connectivity index (χ1n) is 9.71. The van der Waals surface area contributed by atoms with E-state index in [1.165, 1.54) is 5.57 Å². The molecule has 26 heavy (non-hydrogen) atoms. The van der Waals surface area contributed by atoms with Crippen LogP contribution in [0.1, 0.15) is 66.2 Å². The van der Waals surface area contributed by atoms with Gasteiger partial charge in [-0.1, -0.05) is 26.8 Å². The predicted molar refractivity (Wildman–Crippen MR) is 99.4 cm³/mol. The Morgan fingerprint density at radius 3 is 2.62 bits per heavy atom. The summed E-state index contributed by atoms with van der Waals surface area (Å²) in [6.45, 7) is 3.88. The Hall–Kier alpha value is -1.29. The van der Waals surface area contributed by atoms with Gasteiger partial charge in [0, 0.05) is 24.7 Å². The number of rotatable bonds is 2. The molecule has 4 heteroatoms. The molecule has 0 amide bonds. The van der Waals surface area contributed by atoms with Crippen molar-refractivity contribution in [3.63, 3.8) is 0 Å². The SMILES string of the molecule is C.C[C@]12CC(=O)[C@H]3[C@@H](CCC4=CC(=O)CC[C@@]43C)[C@@H]1CC[C@@H]2C(=O)CO. The van der Waals surface area contributed by atoms with Crippen LogP contribution in [-0.4, -0.2) is 29.1 Å². The second-order valence-electron chi connectivity index (χ2n) is 9.24. The molecule has 0 aromatic rings. The predicted octanol–water partition coefficient (Wildman–Crippen LogP) is 3.51. The average molecular weight is 360 g/mol. The molecular formula is C22H32O4. The summed E-state index contributed by atoms with van der Waals surface area (Å²) in [5.41, 5.74) is 0.719. The molecule has 0 aromatic heterocycles. The van der Waals surface area contributed by atoms with E-state index in [2.05, 4.69) is 13.8 Å². The quantitative estimate of drug-likeness (QED) is 0.818. The summed E-state index contributed by atoms with van der Waals surface area (Å²) in [6, 6.07) is 0. The second kappa shape index (κ2) is 6.40. The molecule has 0 saturated heterocycles. The molecule has 144 valence electrons. The van der Waals surface area contributed by atoms with Crippen LogP contribution < -0.4 is 0 Å². The van der Waals surface area contributed by atoms with Gasteiger partial charge >= 0.3 is 0 Å². The summed E-state index contributed by atoms with van der Waals surface area (Å²) >= 11 is 0. The third kappa shape index (κ3) is 2.48. The number of fused-ring (bicyclic) bond motifs is 5. The highest BCUT2D eigenvalue weighted by molar-refractivity contribution is 5.93. The number of hydrogen-bond donors (Lipinski definition) is 1. The Balaban J connectivity index is 0.00000196. The maximum Gasteiger partial charge on any atom is 0.161 e. The van der Waals surface area contributed by atoms with Crippen molar-refractivity contribution in [3.8, 4) is 0 Å². The standard InChI is InChI=1S/C21H28O4.CH4/c1-20-8-7-13(23)9-12(20)3-4-14-15-5-6-16(18(25)11-22)21(15,2)10-17(24)19(14)20;/h9,14-16,19,22H,3-8,10-11H2,1-2H3;1H4/t14-,15-,16+,19+,20-,21-;/m0./s1. The number of carbonyl (C=O) groups is 3. The summed E-state index contributed by atoms with van der Waals surface area (Å²) in [5, 5.41) is 9.34. The van der Waals surface area contributed by atoms with Crippen molar-refractivity contribution in [2.75, 3.05) is 6.61 Å². The van der Waals surface area contributed by atoms with Gasteiger partial charge < -0.3 is 5.11 Å². The fourth-order valence-electron chi connectivity index (χ4n) is 7.02. The first-order chi connectivity index (χ1) is 11.8. The van der Waals surface area contributed by atoms with E-state index in [1.54, 1.807) is 0 Å². The molecule has 6 atom stereocenters. The van der Waals surface area contributed by atoms with E-state index < -0.39 is 6.61 Å². The fraction of sp³-hybridized carbons (Fsp3) is 0.773. The average Bonchev–Trinajstić information content (AvgIpc) is 2.91. The molecule has 0 radical (unpaired) electrons. The minimum absolute atomic E-state index is 0. The van der Waals surface area contributed by atoms with Crippen LogP contribution in [0.3, 0.4) is 0 Å². The van der Waals surface area contributed by atoms with Crippen LogP contribution >= 0.6 is 0 Å². The van der Waals surface area contributed by atoms with Crippen LogP contribution in [-0.2, 0) is 14.4 Å². The van der Waals surface area contributed by atoms with Gasteiger partial charge in [-0.3, -0.25) is 14.4 Å². The van der Waals surface area contributed by atoms with Crippen LogP contribution in [0.15, 0.2) is 11.6 Å². The second-order valence-corrected chi connectivity index (χ2v) is 9.24. The van der Waals surface area contributed by atoms with Crippen molar-refractivity contribution in [3.05, 3.63) is 11.6 Å². The number of aliphatic hydroxyl groups is 1. The van der Waals surface area contributed by atoms with E-state index in [0.717, 1.165) is 32.1 Å². The first kappa shape index (κ1) is 19.5. The maximum atomic E-state index is 13.3. The van der Waals surface area contributed by atoms with Crippen LogP contribution in [0.25, 0.3) is 0 Å². The molecule has 0 aliphatic heterocycles. The van der Waals surface area contributed by atoms with E-state index in [1.807, 2.05) is 6.08 Å². The third-order valence-electron chi connectivity index (χ3n) is 8.19. The van der Waals surface area contributed by atoms with Gasteiger partial charge in [0.15, 0.2) is 11.6 Å². The number of hydrogen-bond acceptors (Lipinski definition) is 4. The highest BCUT2D eigenvalue weighted by Crippen LogP contribution is 2.65. The molecule has 0 spiro atoms. The normalized spacial score (nSPS) is 44.3. The van der Waals surface area contributed by atoms with Crippen molar-refractivity contribution in [1.82, 2.24) is 0 Å². The highest BCUT2D eigenvalue weighted by atomic mass is 16.3. The topological polar surface area (TPSA) is 71.4 Å². The zero-order valence-corrected chi connectivity index (χ0v) is 15.2. The Morgan fingerprint density at radius 1 is 1.19 bits per heavy atom. The van der Waals surface area contributed by atoms with Gasteiger partial charge in [0.1, 0.15) is 12.4 Å². The lowest BCUT2D eigenvalue weighted by Gasteiger charge is -2.56. The van der Waals surface area contributed by atoms with E-state index in [0.29, 0.717) is 24.7 Å². The summed E-state index contributed by atoms with van der Waals surface area (Å²) in [5.74, 6) is 0.913. The molecule has 4 aliphatic rings. The molecule has 3 fully saturated rings. The molecule has 3 saturated carbocycles. The molecule has 0 aromatic carbocycles. The zero-order valence-electron chi connectivity index (χ0n) is 15.2. The zero-order chi connectivity index (χ0) is 18.0. The molecule has 0 heterocycles. The molecule has 4 rings (SSSR count). The monoisotopic (exact) mass is 360 g/mol. The van der Waals surface area contributed by atoms with Crippen molar-refractivity contribution in [2.45, 2.75) is 66.2 Å². The van der Waals surface area contributed by atoms with Gasteiger partial charge in [-0.2, -0.15) is 0 Å². The maximum absolute atomic E-state index is 13.3. The molecule has 1 N–H and O–H groups in total.